The third-order valence-corrected chi connectivity index (χ3v) is 1.95. The summed E-state index contributed by atoms with van der Waals surface area (Å²) in [5.74, 6) is -0.280. The van der Waals surface area contributed by atoms with Crippen LogP contribution >= 0.6 is 0 Å². The van der Waals surface area contributed by atoms with Crippen LogP contribution in [0.25, 0.3) is 6.08 Å². The van der Waals surface area contributed by atoms with Crippen molar-refractivity contribution in [1.82, 2.24) is 0 Å². The maximum Gasteiger partial charge on any atom is 0.127 e. The molecule has 0 radical (unpaired) electrons. The molecule has 0 bridgehead atoms. The minimum absolute atomic E-state index is 0.280. The molecular weight excluding hydrogens is 163 g/mol. The van der Waals surface area contributed by atoms with Crippen LogP contribution in [0.2, 0.25) is 0 Å². The number of hydrogen-bond donors (Lipinski definition) is 0. The zero-order chi connectivity index (χ0) is 11.6. The molecule has 0 nitrogen and oxygen atoms in total. The van der Waals surface area contributed by atoms with Crippen molar-refractivity contribution in [3.05, 3.63) is 41.7 Å². The second kappa shape index (κ2) is 3.33. The van der Waals surface area contributed by atoms with Gasteiger partial charge in [0.15, 0.2) is 0 Å². The van der Waals surface area contributed by atoms with Gasteiger partial charge in [0.1, 0.15) is 5.82 Å². The van der Waals surface area contributed by atoms with Gasteiger partial charge in [0, 0.05) is 5.56 Å². The Labute approximate surface area is 81.9 Å². The van der Waals surface area contributed by atoms with Crippen LogP contribution in [-0.2, 0) is 5.41 Å². The minimum atomic E-state index is -0.327. The molecule has 13 heavy (non-hydrogen) atoms. The predicted octanol–water partition coefficient (Wildman–Crippen LogP) is 3.77. The monoisotopic (exact) mass is 180 g/mol. The number of hydrogen-bond acceptors (Lipinski definition) is 0. The van der Waals surface area contributed by atoms with E-state index in [-0.39, 0.29) is 17.8 Å². The Bertz CT molecular complexity index is 385. The van der Waals surface area contributed by atoms with E-state index in [2.05, 4.69) is 0 Å². The average Bonchev–Trinajstić information content (AvgIpc) is 1.99. The molecule has 1 rings (SSSR count). The van der Waals surface area contributed by atoms with Gasteiger partial charge in [-0.3, -0.25) is 0 Å². The lowest BCUT2D eigenvalue weighted by molar-refractivity contribution is 0.522. The Morgan fingerprint density at radius 1 is 1.46 bits per heavy atom. The molecule has 0 aliphatic carbocycles. The van der Waals surface area contributed by atoms with E-state index in [0.29, 0.717) is 11.1 Å². The summed E-state index contributed by atoms with van der Waals surface area (Å²) in [6.45, 7) is 5.43. The predicted molar refractivity (Wildman–Crippen MR) is 55.2 cm³/mol. The molecule has 0 saturated heterocycles. The summed E-state index contributed by atoms with van der Waals surface area (Å²) in [5.41, 5.74) is 0.844. The van der Waals surface area contributed by atoms with Crippen molar-refractivity contribution in [2.75, 3.05) is 0 Å². The SMILES string of the molecule is [2H]C([2H])=Cc1cccc(F)c1C(C)(C)C. The van der Waals surface area contributed by atoms with Crippen LogP contribution in [0.3, 0.4) is 0 Å². The molecule has 0 aromatic heterocycles. The van der Waals surface area contributed by atoms with Crippen molar-refractivity contribution >= 4 is 6.08 Å². The molecule has 0 atom stereocenters. The normalized spacial score (nSPS) is 13.2. The van der Waals surface area contributed by atoms with Crippen LogP contribution in [0.5, 0.6) is 0 Å². The highest BCUT2D eigenvalue weighted by atomic mass is 19.1. The third kappa shape index (κ3) is 1.97. The average molecular weight is 180 g/mol. The van der Waals surface area contributed by atoms with Gasteiger partial charge >= 0.3 is 0 Å². The van der Waals surface area contributed by atoms with E-state index >= 15 is 0 Å². The summed E-state index contributed by atoms with van der Waals surface area (Å²) in [5, 5.41) is 0. The van der Waals surface area contributed by atoms with Gasteiger partial charge in [0.25, 0.3) is 0 Å². The topological polar surface area (TPSA) is 0 Å². The van der Waals surface area contributed by atoms with Gasteiger partial charge < -0.3 is 0 Å². The van der Waals surface area contributed by atoms with Crippen molar-refractivity contribution in [2.24, 2.45) is 0 Å². The van der Waals surface area contributed by atoms with Crippen LogP contribution in [0.1, 0.15) is 34.6 Å². The Morgan fingerprint density at radius 2 is 2.15 bits per heavy atom. The van der Waals surface area contributed by atoms with Crippen molar-refractivity contribution < 1.29 is 7.13 Å². The Morgan fingerprint density at radius 3 is 2.69 bits per heavy atom. The summed E-state index contributed by atoms with van der Waals surface area (Å²) in [6, 6.07) is 4.73. The van der Waals surface area contributed by atoms with Gasteiger partial charge in [-0.15, -0.1) is 0 Å². The summed E-state index contributed by atoms with van der Waals surface area (Å²) < 4.78 is 27.8. The van der Waals surface area contributed by atoms with Gasteiger partial charge in [0.2, 0.25) is 0 Å². The largest absolute Gasteiger partial charge is 0.207 e. The highest BCUT2D eigenvalue weighted by Gasteiger charge is 2.20. The standard InChI is InChI=1S/C12H15F/c1-5-9-7-6-8-10(13)11(9)12(2,3)4/h5-8H,1H2,2-4H3/i1D2. The van der Waals surface area contributed by atoms with Gasteiger partial charge in [-0.2, -0.15) is 0 Å². The van der Waals surface area contributed by atoms with Gasteiger partial charge in [-0.1, -0.05) is 45.5 Å². The number of benzene rings is 1. The van der Waals surface area contributed by atoms with Gasteiger partial charge in [-0.25, -0.2) is 4.39 Å². The fourth-order valence-electron chi connectivity index (χ4n) is 1.45. The fraction of sp³-hybridized carbons (Fsp3) is 0.333. The Kier molecular flexibility index (Phi) is 1.87. The van der Waals surface area contributed by atoms with E-state index in [9.17, 15) is 4.39 Å². The van der Waals surface area contributed by atoms with Crippen LogP contribution in [0.4, 0.5) is 4.39 Å². The molecule has 0 saturated carbocycles. The lowest BCUT2D eigenvalue weighted by Gasteiger charge is -2.22. The molecule has 1 heteroatoms. The first-order chi connectivity index (χ1) is 6.82. The molecule has 0 unspecified atom stereocenters. The molecule has 0 aliphatic rings. The first kappa shape index (κ1) is 7.31. The zero-order valence-electron chi connectivity index (χ0n) is 10.2. The molecule has 0 fully saturated rings. The van der Waals surface area contributed by atoms with Gasteiger partial charge in [0.05, 0.1) is 2.74 Å². The molecule has 0 amide bonds. The molecule has 1 aromatic rings. The van der Waals surface area contributed by atoms with Gasteiger partial charge in [-0.05, 0) is 17.0 Å². The summed E-state index contributed by atoms with van der Waals surface area (Å²) in [7, 11) is 0. The lowest BCUT2D eigenvalue weighted by atomic mass is 9.83. The van der Waals surface area contributed by atoms with Crippen LogP contribution in [-0.4, -0.2) is 0 Å². The fourth-order valence-corrected chi connectivity index (χ4v) is 1.45. The molecule has 0 N–H and O–H groups in total. The highest BCUT2D eigenvalue weighted by Crippen LogP contribution is 2.28. The van der Waals surface area contributed by atoms with E-state index in [1.165, 1.54) is 12.1 Å². The van der Waals surface area contributed by atoms with Crippen molar-refractivity contribution in [3.8, 4) is 0 Å². The molecular formula is C12H15F. The molecule has 0 heterocycles. The van der Waals surface area contributed by atoms with Crippen molar-refractivity contribution in [3.63, 3.8) is 0 Å². The van der Waals surface area contributed by atoms with Crippen LogP contribution in [0.15, 0.2) is 24.7 Å². The van der Waals surface area contributed by atoms with Crippen molar-refractivity contribution in [2.45, 2.75) is 26.2 Å². The third-order valence-electron chi connectivity index (χ3n) is 1.95. The maximum atomic E-state index is 13.6. The summed E-state index contributed by atoms with van der Waals surface area (Å²) in [6.07, 6.45) is 1.36. The quantitative estimate of drug-likeness (QED) is 0.617. The summed E-state index contributed by atoms with van der Waals surface area (Å²) in [4.78, 5) is 0. The van der Waals surface area contributed by atoms with E-state index in [1.54, 1.807) is 12.1 Å². The second-order valence-corrected chi connectivity index (χ2v) is 4.10. The Balaban J connectivity index is 3.40. The van der Waals surface area contributed by atoms with E-state index in [1.807, 2.05) is 20.8 Å². The van der Waals surface area contributed by atoms with Crippen LogP contribution < -0.4 is 0 Å². The van der Waals surface area contributed by atoms with E-state index in [0.717, 1.165) is 0 Å². The molecule has 1 aromatic carbocycles. The first-order valence-corrected chi connectivity index (χ1v) is 4.26. The molecule has 70 valence electrons. The van der Waals surface area contributed by atoms with E-state index < -0.39 is 0 Å². The number of rotatable bonds is 1. The Hall–Kier alpha value is -1.11. The maximum absolute atomic E-state index is 13.6. The van der Waals surface area contributed by atoms with Crippen LogP contribution in [0, 0.1) is 5.82 Å². The van der Waals surface area contributed by atoms with Crippen molar-refractivity contribution in [1.29, 1.82) is 0 Å². The minimum Gasteiger partial charge on any atom is -0.207 e. The zero-order valence-corrected chi connectivity index (χ0v) is 8.19. The molecule has 0 spiro atoms. The lowest BCUT2D eigenvalue weighted by Crippen LogP contribution is -2.15. The second-order valence-electron chi connectivity index (χ2n) is 4.10. The highest BCUT2D eigenvalue weighted by molar-refractivity contribution is 5.54. The number of halogens is 1. The smallest absolute Gasteiger partial charge is 0.127 e. The van der Waals surface area contributed by atoms with E-state index in [4.69, 9.17) is 2.74 Å². The first-order valence-electron chi connectivity index (χ1n) is 5.26. The summed E-state index contributed by atoms with van der Waals surface area (Å²) >= 11 is 0. The molecule has 0 aliphatic heterocycles.